The smallest absolute Gasteiger partial charge is 0.238 e. The van der Waals surface area contributed by atoms with Crippen LogP contribution in [0, 0.1) is 0 Å². The first kappa shape index (κ1) is 20.5. The summed E-state index contributed by atoms with van der Waals surface area (Å²) in [6.45, 7) is 9.68. The van der Waals surface area contributed by atoms with E-state index >= 15 is 0 Å². The van der Waals surface area contributed by atoms with Gasteiger partial charge in [0.25, 0.3) is 0 Å². The van der Waals surface area contributed by atoms with E-state index in [9.17, 15) is 4.79 Å². The van der Waals surface area contributed by atoms with Crippen LogP contribution >= 0.6 is 0 Å². The zero-order valence-corrected chi connectivity index (χ0v) is 15.8. The van der Waals surface area contributed by atoms with Crippen molar-refractivity contribution in [2.75, 3.05) is 31.6 Å². The fourth-order valence-electron chi connectivity index (χ4n) is 2.72. The molecule has 0 saturated heterocycles. The largest absolute Gasteiger partial charge is 0.494 e. The van der Waals surface area contributed by atoms with Gasteiger partial charge >= 0.3 is 0 Å². The minimum absolute atomic E-state index is 0.0600. The number of aryl methyl sites for hydroxylation is 1. The molecule has 2 aromatic rings. The van der Waals surface area contributed by atoms with Crippen LogP contribution in [0.5, 0.6) is 5.75 Å². The predicted octanol–water partition coefficient (Wildman–Crippen LogP) is 4.31. The Morgan fingerprint density at radius 1 is 1.00 bits per heavy atom. The quantitative estimate of drug-likeness (QED) is 0.451. The maximum atomic E-state index is 12.2. The fraction of sp³-hybridized carbons (Fsp3) is 0.261. The molecule has 0 fully saturated rings. The number of hydrogen-bond donors (Lipinski definition) is 1. The number of amides is 1. The first-order chi connectivity index (χ1) is 13.2. The number of benzene rings is 2. The van der Waals surface area contributed by atoms with Crippen LogP contribution < -0.4 is 10.1 Å². The minimum Gasteiger partial charge on any atom is -0.494 e. The van der Waals surface area contributed by atoms with Crippen LogP contribution in [0.15, 0.2) is 79.9 Å². The Bertz CT molecular complexity index is 701. The summed E-state index contributed by atoms with van der Waals surface area (Å²) in [4.78, 5) is 14.1. The lowest BCUT2D eigenvalue weighted by Gasteiger charge is -2.18. The molecule has 4 nitrogen and oxygen atoms in total. The Kier molecular flexibility index (Phi) is 8.87. The van der Waals surface area contributed by atoms with Crippen LogP contribution in [0.2, 0.25) is 0 Å². The van der Waals surface area contributed by atoms with Crippen molar-refractivity contribution in [1.29, 1.82) is 0 Å². The lowest BCUT2D eigenvalue weighted by Crippen LogP contribution is -2.33. The van der Waals surface area contributed by atoms with Gasteiger partial charge in [0.15, 0.2) is 0 Å². The van der Waals surface area contributed by atoms with Crippen molar-refractivity contribution in [1.82, 2.24) is 4.90 Å². The van der Waals surface area contributed by atoms with Crippen LogP contribution in [0.4, 0.5) is 5.69 Å². The highest BCUT2D eigenvalue weighted by Crippen LogP contribution is 2.16. The topological polar surface area (TPSA) is 41.6 Å². The summed E-state index contributed by atoms with van der Waals surface area (Å²) < 4.78 is 5.77. The second-order valence-electron chi connectivity index (χ2n) is 6.28. The van der Waals surface area contributed by atoms with Gasteiger partial charge in [0.05, 0.1) is 13.2 Å². The maximum absolute atomic E-state index is 12.2. The number of nitrogens with zero attached hydrogens (tertiary/aromatic N) is 1. The van der Waals surface area contributed by atoms with Crippen molar-refractivity contribution < 1.29 is 9.53 Å². The van der Waals surface area contributed by atoms with Gasteiger partial charge in [-0.1, -0.05) is 42.5 Å². The number of hydrogen-bond acceptors (Lipinski definition) is 3. The van der Waals surface area contributed by atoms with E-state index in [0.29, 0.717) is 26.2 Å². The number of anilines is 1. The summed E-state index contributed by atoms with van der Waals surface area (Å²) in [6, 6.07) is 17.9. The molecule has 1 N–H and O–H groups in total. The van der Waals surface area contributed by atoms with E-state index in [4.69, 9.17) is 4.74 Å². The Morgan fingerprint density at radius 3 is 2.30 bits per heavy atom. The van der Waals surface area contributed by atoms with E-state index in [2.05, 4.69) is 42.7 Å². The summed E-state index contributed by atoms with van der Waals surface area (Å²) in [5.41, 5.74) is 2.08. The number of rotatable bonds is 12. The lowest BCUT2D eigenvalue weighted by atomic mass is 10.1. The summed E-state index contributed by atoms with van der Waals surface area (Å²) in [5, 5.41) is 2.90. The number of carbonyl (C=O) groups excluding carboxylic acids is 1. The van der Waals surface area contributed by atoms with E-state index in [1.54, 1.807) is 12.2 Å². The van der Waals surface area contributed by atoms with Crippen LogP contribution in [0.3, 0.4) is 0 Å². The first-order valence-corrected chi connectivity index (χ1v) is 9.22. The molecule has 2 rings (SSSR count). The van der Waals surface area contributed by atoms with E-state index in [1.807, 2.05) is 35.2 Å². The molecule has 0 aromatic heterocycles. The summed E-state index contributed by atoms with van der Waals surface area (Å²) >= 11 is 0. The van der Waals surface area contributed by atoms with E-state index < -0.39 is 0 Å². The second-order valence-corrected chi connectivity index (χ2v) is 6.28. The number of nitrogens with one attached hydrogen (secondary N) is 1. The van der Waals surface area contributed by atoms with Gasteiger partial charge in [0.2, 0.25) is 5.91 Å². The molecule has 0 radical (unpaired) electrons. The maximum Gasteiger partial charge on any atom is 0.238 e. The standard InChI is InChI=1S/C23H28N2O2/c1-3-16-25(17-4-2)19-23(26)24-21-12-14-22(15-13-21)27-18-8-11-20-9-6-5-7-10-20/h3-7,9-10,12-15H,1-2,8,11,16-19H2,(H,24,26). The molecular formula is C23H28N2O2. The molecule has 0 aliphatic carbocycles. The van der Waals surface area contributed by atoms with Crippen LogP contribution in [0.25, 0.3) is 0 Å². The van der Waals surface area contributed by atoms with Gasteiger partial charge in [-0.25, -0.2) is 0 Å². The molecule has 0 aliphatic rings. The Balaban J connectivity index is 1.73. The first-order valence-electron chi connectivity index (χ1n) is 9.22. The highest BCUT2D eigenvalue weighted by atomic mass is 16.5. The van der Waals surface area contributed by atoms with E-state index in [-0.39, 0.29) is 5.91 Å². The van der Waals surface area contributed by atoms with Crippen molar-refractivity contribution in [3.8, 4) is 5.75 Å². The highest BCUT2D eigenvalue weighted by molar-refractivity contribution is 5.92. The van der Waals surface area contributed by atoms with Crippen LogP contribution in [0.1, 0.15) is 12.0 Å². The van der Waals surface area contributed by atoms with Crippen LogP contribution in [-0.4, -0.2) is 37.0 Å². The van der Waals surface area contributed by atoms with Crippen molar-refractivity contribution in [2.24, 2.45) is 0 Å². The molecule has 0 unspecified atom stereocenters. The monoisotopic (exact) mass is 364 g/mol. The predicted molar refractivity (Wildman–Crippen MR) is 112 cm³/mol. The van der Waals surface area contributed by atoms with Gasteiger partial charge in [0, 0.05) is 18.8 Å². The molecule has 0 bridgehead atoms. The molecule has 0 heterocycles. The molecule has 0 saturated carbocycles. The number of ether oxygens (including phenoxy) is 1. The SMILES string of the molecule is C=CCN(CC=C)CC(=O)Nc1ccc(OCCCc2ccccc2)cc1. The molecule has 27 heavy (non-hydrogen) atoms. The normalized spacial score (nSPS) is 10.4. The third kappa shape index (κ3) is 7.92. The molecule has 0 atom stereocenters. The van der Waals surface area contributed by atoms with Gasteiger partial charge in [-0.15, -0.1) is 13.2 Å². The molecule has 0 spiro atoms. The Morgan fingerprint density at radius 2 is 1.67 bits per heavy atom. The average molecular weight is 364 g/mol. The molecule has 142 valence electrons. The van der Waals surface area contributed by atoms with Crippen molar-refractivity contribution in [3.63, 3.8) is 0 Å². The molecule has 4 heteroatoms. The second kappa shape index (κ2) is 11.7. The summed E-state index contributed by atoms with van der Waals surface area (Å²) in [6.07, 6.45) is 5.52. The van der Waals surface area contributed by atoms with Gasteiger partial charge in [0.1, 0.15) is 5.75 Å². The van der Waals surface area contributed by atoms with Crippen molar-refractivity contribution in [3.05, 3.63) is 85.5 Å². The molecular weight excluding hydrogens is 336 g/mol. The molecule has 0 aliphatic heterocycles. The van der Waals surface area contributed by atoms with E-state index in [0.717, 1.165) is 24.3 Å². The van der Waals surface area contributed by atoms with Crippen molar-refractivity contribution >= 4 is 11.6 Å². The van der Waals surface area contributed by atoms with Crippen molar-refractivity contribution in [2.45, 2.75) is 12.8 Å². The van der Waals surface area contributed by atoms with Gasteiger partial charge in [-0.05, 0) is 42.7 Å². The van der Waals surface area contributed by atoms with Gasteiger partial charge in [-0.3, -0.25) is 9.69 Å². The Hall–Kier alpha value is -2.85. The fourth-order valence-corrected chi connectivity index (χ4v) is 2.72. The highest BCUT2D eigenvalue weighted by Gasteiger charge is 2.08. The lowest BCUT2D eigenvalue weighted by molar-refractivity contribution is -0.117. The summed E-state index contributed by atoms with van der Waals surface area (Å²) in [7, 11) is 0. The zero-order valence-electron chi connectivity index (χ0n) is 15.8. The average Bonchev–Trinajstić information content (AvgIpc) is 2.68. The zero-order chi connectivity index (χ0) is 19.3. The van der Waals surface area contributed by atoms with Gasteiger partial charge in [-0.2, -0.15) is 0 Å². The van der Waals surface area contributed by atoms with Gasteiger partial charge < -0.3 is 10.1 Å². The minimum atomic E-state index is -0.0600. The number of carbonyl (C=O) groups is 1. The van der Waals surface area contributed by atoms with Crippen LogP contribution in [-0.2, 0) is 11.2 Å². The third-order valence-electron chi connectivity index (χ3n) is 4.00. The van der Waals surface area contributed by atoms with E-state index in [1.165, 1.54) is 5.56 Å². The Labute approximate surface area is 162 Å². The molecule has 1 amide bonds. The summed E-state index contributed by atoms with van der Waals surface area (Å²) in [5.74, 6) is 0.747. The molecule has 2 aromatic carbocycles. The third-order valence-corrected chi connectivity index (χ3v) is 4.00.